The van der Waals surface area contributed by atoms with Crippen molar-refractivity contribution in [3.63, 3.8) is 0 Å². The molecule has 0 atom stereocenters. The van der Waals surface area contributed by atoms with Gasteiger partial charge in [-0.15, -0.1) is 0 Å². The minimum atomic E-state index is -0.251. The summed E-state index contributed by atoms with van der Waals surface area (Å²) in [5, 5.41) is 9.51. The maximum atomic E-state index is 13.8. The smallest absolute Gasteiger partial charge is 0.220 e. The number of nitrogens with two attached hydrogens (primary N) is 1. The Morgan fingerprint density at radius 3 is 2.59 bits per heavy atom. The van der Waals surface area contributed by atoms with Gasteiger partial charge in [0.25, 0.3) is 0 Å². The summed E-state index contributed by atoms with van der Waals surface area (Å²) in [5.74, 6) is 0.0727. The zero-order chi connectivity index (χ0) is 21.8. The lowest BCUT2D eigenvalue weighted by Crippen LogP contribution is -2.34. The van der Waals surface area contributed by atoms with Gasteiger partial charge in [-0.3, -0.25) is 9.89 Å². The van der Waals surface area contributed by atoms with Gasteiger partial charge in [0.15, 0.2) is 0 Å². The average Bonchev–Trinajstić information content (AvgIpc) is 3.34. The number of aromatic amines is 1. The van der Waals surface area contributed by atoms with E-state index in [-0.39, 0.29) is 23.6 Å². The van der Waals surface area contributed by atoms with Crippen LogP contribution in [0, 0.1) is 11.7 Å². The van der Waals surface area contributed by atoms with E-state index < -0.39 is 0 Å². The van der Waals surface area contributed by atoms with Crippen molar-refractivity contribution in [3.8, 4) is 5.69 Å². The summed E-state index contributed by atoms with van der Waals surface area (Å²) < 4.78 is 21.7. The highest BCUT2D eigenvalue weighted by Gasteiger charge is 2.39. The van der Waals surface area contributed by atoms with Gasteiger partial charge in [0.05, 0.1) is 17.2 Å². The summed E-state index contributed by atoms with van der Waals surface area (Å²) in [7, 11) is 0. The van der Waals surface area contributed by atoms with Gasteiger partial charge < -0.3 is 15.0 Å². The van der Waals surface area contributed by atoms with Gasteiger partial charge in [-0.1, -0.05) is 0 Å². The summed E-state index contributed by atoms with van der Waals surface area (Å²) in [5.41, 5.74) is 11.2. The molecule has 1 saturated carbocycles. The van der Waals surface area contributed by atoms with E-state index >= 15 is 0 Å². The quantitative estimate of drug-likeness (QED) is 0.497. The van der Waals surface area contributed by atoms with E-state index in [4.69, 9.17) is 10.5 Å². The fourth-order valence-corrected chi connectivity index (χ4v) is 5.53. The fourth-order valence-electron chi connectivity index (χ4n) is 5.53. The Morgan fingerprint density at radius 2 is 1.88 bits per heavy atom. The predicted octanol–water partition coefficient (Wildman–Crippen LogP) is 4.52. The van der Waals surface area contributed by atoms with Crippen molar-refractivity contribution in [2.24, 2.45) is 11.7 Å². The average molecular weight is 432 g/mol. The number of halogens is 1. The van der Waals surface area contributed by atoms with E-state index in [0.717, 1.165) is 61.0 Å². The molecule has 0 radical (unpaired) electrons. The molecular formula is C25H25FN4O2. The van der Waals surface area contributed by atoms with Gasteiger partial charge in [0.1, 0.15) is 5.82 Å². The first-order valence-corrected chi connectivity index (χ1v) is 11.2. The van der Waals surface area contributed by atoms with Crippen LogP contribution in [0.15, 0.2) is 42.6 Å². The minimum absolute atomic E-state index is 0.0670. The van der Waals surface area contributed by atoms with Crippen LogP contribution in [-0.4, -0.2) is 33.9 Å². The SMILES string of the molecule is NC(=O)C1CC(c2c(C3CCOCC3)n(-c3ccc(F)cc3)c3cc4cn[nH]c4cc23)C1. The summed E-state index contributed by atoms with van der Waals surface area (Å²) in [6.07, 6.45) is 5.26. The zero-order valence-corrected chi connectivity index (χ0v) is 17.7. The van der Waals surface area contributed by atoms with Crippen LogP contribution in [0.3, 0.4) is 0 Å². The maximum absolute atomic E-state index is 13.8. The number of hydrogen-bond donors (Lipinski definition) is 2. The number of amides is 1. The third-order valence-corrected chi connectivity index (χ3v) is 7.25. The molecule has 4 aromatic rings. The maximum Gasteiger partial charge on any atom is 0.220 e. The van der Waals surface area contributed by atoms with Crippen LogP contribution in [0.2, 0.25) is 0 Å². The van der Waals surface area contributed by atoms with Crippen LogP contribution in [0.25, 0.3) is 27.5 Å². The Labute approximate surface area is 184 Å². The van der Waals surface area contributed by atoms with Gasteiger partial charge in [0.2, 0.25) is 5.91 Å². The van der Waals surface area contributed by atoms with Gasteiger partial charge >= 0.3 is 0 Å². The third-order valence-electron chi connectivity index (χ3n) is 7.25. The molecular weight excluding hydrogens is 407 g/mol. The predicted molar refractivity (Wildman–Crippen MR) is 120 cm³/mol. The first-order valence-electron chi connectivity index (χ1n) is 11.2. The number of carbonyl (C=O) groups excluding carboxylic acids is 1. The standard InChI is InChI=1S/C25H25FN4O2/c26-18-1-3-19(4-2-18)30-22-11-17-13-28-29-21(17)12-20(22)23(15-9-16(10-15)25(27)31)24(30)14-5-7-32-8-6-14/h1-4,11-16H,5-10H2,(H2,27,31)(H,28,29). The molecule has 0 bridgehead atoms. The van der Waals surface area contributed by atoms with Gasteiger partial charge in [-0.2, -0.15) is 5.10 Å². The van der Waals surface area contributed by atoms with E-state index in [9.17, 15) is 9.18 Å². The Hall–Kier alpha value is -3.19. The van der Waals surface area contributed by atoms with E-state index in [1.54, 1.807) is 0 Å². The Morgan fingerprint density at radius 1 is 1.12 bits per heavy atom. The van der Waals surface area contributed by atoms with Crippen LogP contribution < -0.4 is 5.73 Å². The number of H-pyrrole nitrogens is 1. The van der Waals surface area contributed by atoms with Crippen molar-refractivity contribution < 1.29 is 13.9 Å². The molecule has 3 N–H and O–H groups in total. The molecule has 1 aliphatic carbocycles. The Balaban J connectivity index is 1.63. The van der Waals surface area contributed by atoms with Gasteiger partial charge in [-0.25, -0.2) is 4.39 Å². The van der Waals surface area contributed by atoms with E-state index in [1.165, 1.54) is 28.8 Å². The van der Waals surface area contributed by atoms with Crippen molar-refractivity contribution in [3.05, 3.63) is 59.7 Å². The topological polar surface area (TPSA) is 85.9 Å². The number of nitrogens with one attached hydrogen (secondary N) is 1. The van der Waals surface area contributed by atoms with Crippen molar-refractivity contribution in [1.82, 2.24) is 14.8 Å². The number of benzene rings is 2. The second-order valence-corrected chi connectivity index (χ2v) is 9.09. The van der Waals surface area contributed by atoms with Crippen molar-refractivity contribution in [2.75, 3.05) is 13.2 Å². The molecule has 164 valence electrons. The first-order chi connectivity index (χ1) is 15.6. The van der Waals surface area contributed by atoms with Crippen molar-refractivity contribution in [2.45, 2.75) is 37.5 Å². The number of primary amides is 1. The lowest BCUT2D eigenvalue weighted by Gasteiger charge is -2.35. The largest absolute Gasteiger partial charge is 0.381 e. The number of aromatic nitrogens is 3. The van der Waals surface area contributed by atoms with Crippen LogP contribution in [0.5, 0.6) is 0 Å². The number of ether oxygens (including phenoxy) is 1. The second-order valence-electron chi connectivity index (χ2n) is 9.09. The summed E-state index contributed by atoms with van der Waals surface area (Å²) >= 11 is 0. The summed E-state index contributed by atoms with van der Waals surface area (Å²) in [4.78, 5) is 11.8. The molecule has 7 heteroatoms. The Bertz CT molecular complexity index is 1310. The summed E-state index contributed by atoms with van der Waals surface area (Å²) in [6.45, 7) is 1.46. The molecule has 1 saturated heterocycles. The molecule has 0 spiro atoms. The molecule has 2 aromatic heterocycles. The molecule has 1 amide bonds. The molecule has 6 nitrogen and oxygen atoms in total. The first kappa shape index (κ1) is 19.5. The lowest BCUT2D eigenvalue weighted by atomic mass is 9.69. The number of fused-ring (bicyclic) bond motifs is 2. The number of hydrogen-bond acceptors (Lipinski definition) is 3. The lowest BCUT2D eigenvalue weighted by molar-refractivity contribution is -0.124. The summed E-state index contributed by atoms with van der Waals surface area (Å²) in [6, 6.07) is 11.0. The van der Waals surface area contributed by atoms with Crippen molar-refractivity contribution >= 4 is 27.7 Å². The molecule has 32 heavy (non-hydrogen) atoms. The zero-order valence-electron chi connectivity index (χ0n) is 17.7. The van der Waals surface area contributed by atoms with Crippen molar-refractivity contribution in [1.29, 1.82) is 0 Å². The van der Waals surface area contributed by atoms with Crippen LogP contribution >= 0.6 is 0 Å². The molecule has 2 aliphatic rings. The van der Waals surface area contributed by atoms with Gasteiger partial charge in [0, 0.05) is 47.2 Å². The number of nitrogens with zero attached hydrogens (tertiary/aromatic N) is 2. The molecule has 1 aliphatic heterocycles. The minimum Gasteiger partial charge on any atom is -0.381 e. The number of carbonyl (C=O) groups is 1. The van der Waals surface area contributed by atoms with Gasteiger partial charge in [-0.05, 0) is 73.6 Å². The monoisotopic (exact) mass is 432 g/mol. The molecule has 2 aromatic carbocycles. The molecule has 0 unspecified atom stereocenters. The third kappa shape index (κ3) is 3.03. The van der Waals surface area contributed by atoms with Crippen LogP contribution in [0.4, 0.5) is 4.39 Å². The molecule has 3 heterocycles. The highest BCUT2D eigenvalue weighted by atomic mass is 19.1. The molecule has 2 fully saturated rings. The highest BCUT2D eigenvalue weighted by molar-refractivity contribution is 5.99. The fraction of sp³-hybridized carbons (Fsp3) is 0.360. The van der Waals surface area contributed by atoms with E-state index in [2.05, 4.69) is 26.9 Å². The number of rotatable bonds is 4. The highest BCUT2D eigenvalue weighted by Crippen LogP contribution is 2.50. The molecule has 6 rings (SSSR count). The second kappa shape index (κ2) is 7.45. The van der Waals surface area contributed by atoms with Crippen LogP contribution in [0.1, 0.15) is 48.8 Å². The van der Waals surface area contributed by atoms with E-state index in [1.807, 2.05) is 18.3 Å². The van der Waals surface area contributed by atoms with Crippen LogP contribution in [-0.2, 0) is 9.53 Å². The normalized spacial score (nSPS) is 21.8. The van der Waals surface area contributed by atoms with E-state index in [0.29, 0.717) is 5.92 Å². The Kier molecular flexibility index (Phi) is 4.54.